The molecule has 1 aromatic heterocycles. The van der Waals surface area contributed by atoms with Gasteiger partial charge in [-0.05, 0) is 30.3 Å². The standard InChI is InChI=1S/C18H19FN4O4/c19-16-7-13(23-9-14(10-25)27-18(23)26)2-3-15(16)12-1-4-17(21-8-12)22(11-20)5-6-24/h1-4,7-8,11,14,20,24-25H,5-6,9-10H2/t14-/m1/s1. The molecule has 0 saturated carbocycles. The molecular weight excluding hydrogens is 355 g/mol. The summed E-state index contributed by atoms with van der Waals surface area (Å²) in [4.78, 5) is 18.7. The highest BCUT2D eigenvalue weighted by molar-refractivity contribution is 5.90. The molecule has 0 aliphatic carbocycles. The number of hydrogen-bond donors (Lipinski definition) is 3. The third-order valence-electron chi connectivity index (χ3n) is 4.19. The Hall–Kier alpha value is -3.04. The maximum atomic E-state index is 14.6. The molecule has 1 aliphatic rings. The first-order chi connectivity index (χ1) is 13.1. The molecule has 1 aromatic carbocycles. The van der Waals surface area contributed by atoms with E-state index >= 15 is 0 Å². The Bertz CT molecular complexity index is 831. The van der Waals surface area contributed by atoms with Crippen LogP contribution in [0.25, 0.3) is 11.1 Å². The molecule has 142 valence electrons. The van der Waals surface area contributed by atoms with Gasteiger partial charge in [-0.2, -0.15) is 0 Å². The summed E-state index contributed by atoms with van der Waals surface area (Å²) in [6.45, 7) is -0.0107. The number of anilines is 2. The summed E-state index contributed by atoms with van der Waals surface area (Å²) in [7, 11) is 0. The number of aliphatic hydroxyl groups excluding tert-OH is 2. The van der Waals surface area contributed by atoms with Crippen LogP contribution in [0.3, 0.4) is 0 Å². The number of carbonyl (C=O) groups is 1. The van der Waals surface area contributed by atoms with Gasteiger partial charge in [0, 0.05) is 23.9 Å². The molecule has 1 atom stereocenters. The van der Waals surface area contributed by atoms with Crippen LogP contribution >= 0.6 is 0 Å². The first-order valence-corrected chi connectivity index (χ1v) is 8.30. The van der Waals surface area contributed by atoms with Crippen molar-refractivity contribution in [2.75, 3.05) is 36.1 Å². The molecule has 0 spiro atoms. The summed E-state index contributed by atoms with van der Waals surface area (Å²) in [5, 5.41) is 25.4. The van der Waals surface area contributed by atoms with Crippen molar-refractivity contribution in [3.8, 4) is 11.1 Å². The van der Waals surface area contributed by atoms with E-state index in [0.29, 0.717) is 22.6 Å². The van der Waals surface area contributed by atoms with Crippen molar-refractivity contribution >= 4 is 23.9 Å². The molecule has 1 aliphatic heterocycles. The van der Waals surface area contributed by atoms with Crippen LogP contribution < -0.4 is 9.80 Å². The first-order valence-electron chi connectivity index (χ1n) is 8.30. The summed E-state index contributed by atoms with van der Waals surface area (Å²) in [6.07, 6.45) is 1.30. The molecule has 2 heterocycles. The lowest BCUT2D eigenvalue weighted by atomic mass is 10.1. The Labute approximate surface area is 154 Å². The lowest BCUT2D eigenvalue weighted by molar-refractivity contribution is 0.0963. The number of nitrogens with zero attached hydrogens (tertiary/aromatic N) is 3. The van der Waals surface area contributed by atoms with Crippen molar-refractivity contribution in [1.29, 1.82) is 5.41 Å². The Morgan fingerprint density at radius 3 is 2.74 bits per heavy atom. The van der Waals surface area contributed by atoms with Crippen LogP contribution in [0.4, 0.5) is 20.7 Å². The van der Waals surface area contributed by atoms with Crippen molar-refractivity contribution in [2.45, 2.75) is 6.10 Å². The number of rotatable bonds is 7. The Balaban J connectivity index is 1.82. The van der Waals surface area contributed by atoms with E-state index in [1.165, 1.54) is 22.1 Å². The fourth-order valence-corrected chi connectivity index (χ4v) is 2.80. The number of cyclic esters (lactones) is 1. The number of aliphatic hydroxyl groups is 2. The minimum atomic E-state index is -0.622. The van der Waals surface area contributed by atoms with Gasteiger partial charge in [0.05, 0.1) is 31.8 Å². The van der Waals surface area contributed by atoms with Gasteiger partial charge in [-0.25, -0.2) is 14.2 Å². The van der Waals surface area contributed by atoms with Crippen LogP contribution in [-0.2, 0) is 4.74 Å². The van der Waals surface area contributed by atoms with Gasteiger partial charge in [-0.3, -0.25) is 10.3 Å². The Kier molecular flexibility index (Phi) is 5.63. The van der Waals surface area contributed by atoms with Crippen molar-refractivity contribution in [2.24, 2.45) is 0 Å². The minimum Gasteiger partial charge on any atom is -0.441 e. The summed E-state index contributed by atoms with van der Waals surface area (Å²) >= 11 is 0. The molecule has 8 nitrogen and oxygen atoms in total. The van der Waals surface area contributed by atoms with E-state index in [1.807, 2.05) is 0 Å². The van der Waals surface area contributed by atoms with E-state index in [0.717, 1.165) is 6.34 Å². The fourth-order valence-electron chi connectivity index (χ4n) is 2.80. The van der Waals surface area contributed by atoms with E-state index in [2.05, 4.69) is 4.98 Å². The number of carbonyl (C=O) groups excluding carboxylic acids is 1. The SMILES string of the molecule is N=CN(CCO)c1ccc(-c2ccc(N3C[C@H](CO)OC3=O)cc2F)cn1. The monoisotopic (exact) mass is 374 g/mol. The second-order valence-electron chi connectivity index (χ2n) is 5.91. The Morgan fingerprint density at radius 1 is 1.37 bits per heavy atom. The van der Waals surface area contributed by atoms with Gasteiger partial charge in [0.2, 0.25) is 0 Å². The van der Waals surface area contributed by atoms with E-state index < -0.39 is 18.0 Å². The first kappa shape index (κ1) is 18.7. The molecule has 0 bridgehead atoms. The third kappa shape index (κ3) is 3.88. The fraction of sp³-hybridized carbons (Fsp3) is 0.278. The van der Waals surface area contributed by atoms with Gasteiger partial charge >= 0.3 is 6.09 Å². The van der Waals surface area contributed by atoms with Gasteiger partial charge in [0.15, 0.2) is 0 Å². The molecule has 0 unspecified atom stereocenters. The largest absolute Gasteiger partial charge is 0.441 e. The van der Waals surface area contributed by atoms with Crippen LogP contribution in [0, 0.1) is 11.2 Å². The van der Waals surface area contributed by atoms with Gasteiger partial charge in [-0.1, -0.05) is 0 Å². The van der Waals surface area contributed by atoms with Crippen LogP contribution in [0.1, 0.15) is 0 Å². The quantitative estimate of drug-likeness (QED) is 0.502. The highest BCUT2D eigenvalue weighted by atomic mass is 19.1. The van der Waals surface area contributed by atoms with Crippen LogP contribution in [-0.4, -0.2) is 60.0 Å². The number of halogens is 1. The lowest BCUT2D eigenvalue weighted by Gasteiger charge is -2.17. The van der Waals surface area contributed by atoms with Crippen LogP contribution in [0.15, 0.2) is 36.5 Å². The van der Waals surface area contributed by atoms with Crippen LogP contribution in [0.5, 0.6) is 0 Å². The van der Waals surface area contributed by atoms with E-state index in [4.69, 9.17) is 20.4 Å². The van der Waals surface area contributed by atoms with Gasteiger partial charge < -0.3 is 19.8 Å². The van der Waals surface area contributed by atoms with Crippen molar-refractivity contribution < 1.29 is 24.1 Å². The van der Waals surface area contributed by atoms with E-state index in [1.54, 1.807) is 24.3 Å². The number of nitrogens with one attached hydrogen (secondary N) is 1. The molecular formula is C18H19FN4O4. The molecule has 3 rings (SSSR count). The number of aromatic nitrogens is 1. The maximum absolute atomic E-state index is 14.6. The molecule has 1 fully saturated rings. The van der Waals surface area contributed by atoms with Crippen molar-refractivity contribution in [1.82, 2.24) is 4.98 Å². The lowest BCUT2D eigenvalue weighted by Crippen LogP contribution is -2.25. The number of ether oxygens (including phenoxy) is 1. The number of pyridine rings is 1. The van der Waals surface area contributed by atoms with Gasteiger partial charge in [0.25, 0.3) is 0 Å². The smallest absolute Gasteiger partial charge is 0.414 e. The Morgan fingerprint density at radius 2 is 2.19 bits per heavy atom. The summed E-state index contributed by atoms with van der Waals surface area (Å²) in [5.41, 5.74) is 1.20. The van der Waals surface area contributed by atoms with E-state index in [-0.39, 0.29) is 26.3 Å². The zero-order chi connectivity index (χ0) is 19.4. The van der Waals surface area contributed by atoms with Crippen molar-refractivity contribution in [3.05, 3.63) is 42.3 Å². The minimum absolute atomic E-state index is 0.120. The second kappa shape index (κ2) is 8.11. The zero-order valence-corrected chi connectivity index (χ0v) is 14.4. The average molecular weight is 374 g/mol. The summed E-state index contributed by atoms with van der Waals surface area (Å²) < 4.78 is 19.6. The average Bonchev–Trinajstić information content (AvgIpc) is 3.07. The molecule has 3 N–H and O–H groups in total. The molecule has 27 heavy (non-hydrogen) atoms. The summed E-state index contributed by atoms with van der Waals surface area (Å²) in [5.74, 6) is -0.0590. The molecule has 2 aromatic rings. The topological polar surface area (TPSA) is 110 Å². The molecule has 0 radical (unpaired) electrons. The van der Waals surface area contributed by atoms with Crippen molar-refractivity contribution in [3.63, 3.8) is 0 Å². The predicted octanol–water partition coefficient (Wildman–Crippen LogP) is 1.61. The molecule has 9 heteroatoms. The molecule has 1 saturated heterocycles. The third-order valence-corrected chi connectivity index (χ3v) is 4.19. The normalized spacial score (nSPS) is 16.3. The van der Waals surface area contributed by atoms with Crippen LogP contribution in [0.2, 0.25) is 0 Å². The zero-order valence-electron chi connectivity index (χ0n) is 14.4. The second-order valence-corrected chi connectivity index (χ2v) is 5.91. The van der Waals surface area contributed by atoms with E-state index in [9.17, 15) is 9.18 Å². The molecule has 1 amide bonds. The van der Waals surface area contributed by atoms with Gasteiger partial charge in [-0.15, -0.1) is 0 Å². The summed E-state index contributed by atoms with van der Waals surface area (Å²) in [6, 6.07) is 7.68. The number of hydrogen-bond acceptors (Lipinski definition) is 6. The number of amides is 1. The highest BCUT2D eigenvalue weighted by Gasteiger charge is 2.32. The highest BCUT2D eigenvalue weighted by Crippen LogP contribution is 2.29. The number of benzene rings is 1. The maximum Gasteiger partial charge on any atom is 0.414 e. The van der Waals surface area contributed by atoms with Gasteiger partial charge in [0.1, 0.15) is 17.7 Å². The predicted molar refractivity (Wildman–Crippen MR) is 97.5 cm³/mol.